The third-order valence-electron chi connectivity index (χ3n) is 6.84. The highest BCUT2D eigenvalue weighted by Gasteiger charge is 2.54. The molecule has 2 N–H and O–H groups in total. The highest BCUT2D eigenvalue weighted by Crippen LogP contribution is 2.41. The van der Waals surface area contributed by atoms with Gasteiger partial charge in [0, 0.05) is 32.6 Å². The molecule has 3 aliphatic rings. The number of rotatable bonds is 7. The van der Waals surface area contributed by atoms with Crippen LogP contribution >= 0.6 is 0 Å². The van der Waals surface area contributed by atoms with E-state index in [-0.39, 0.29) is 18.1 Å². The van der Waals surface area contributed by atoms with Gasteiger partial charge >= 0.3 is 18.0 Å². The number of ether oxygens (including phenoxy) is 3. The van der Waals surface area contributed by atoms with Crippen molar-refractivity contribution < 1.29 is 38.5 Å². The molecule has 3 heterocycles. The van der Waals surface area contributed by atoms with Gasteiger partial charge < -0.3 is 34.4 Å². The number of piperazine rings is 1. The summed E-state index contributed by atoms with van der Waals surface area (Å²) in [6.45, 7) is 7.83. The molecule has 2 bridgehead atoms. The first-order valence-corrected chi connectivity index (χ1v) is 12.8. The molecule has 206 valence electrons. The first kappa shape index (κ1) is 27.6. The number of hydrogen-bond donors (Lipinski definition) is 2. The van der Waals surface area contributed by atoms with E-state index in [4.69, 9.17) is 14.2 Å². The van der Waals surface area contributed by atoms with Crippen LogP contribution in [0.5, 0.6) is 5.75 Å². The van der Waals surface area contributed by atoms with E-state index in [2.05, 4.69) is 10.2 Å². The molecule has 3 aliphatic heterocycles. The first-order valence-electron chi connectivity index (χ1n) is 12.8. The third-order valence-corrected chi connectivity index (χ3v) is 6.84. The van der Waals surface area contributed by atoms with E-state index in [0.717, 1.165) is 13.1 Å². The number of aliphatic carboxylic acids is 1. The number of carboxylic acid groups (broad SMARTS) is 1. The molecular weight excluding hydrogens is 494 g/mol. The number of carbonyl (C=O) groups excluding carboxylic acids is 3. The van der Waals surface area contributed by atoms with Crippen LogP contribution in [0.15, 0.2) is 36.4 Å². The SMILES string of the molecule is CN1CCN(C(=O)C2C(C(=O)Oc3ccc(CC(NC(=O)OC(C)(C)C)C(=O)O)cc3)[C@H]3C=C[C@H]2O3)CC1. The Morgan fingerprint density at radius 3 is 2.21 bits per heavy atom. The van der Waals surface area contributed by atoms with Gasteiger partial charge in [-0.25, -0.2) is 9.59 Å². The van der Waals surface area contributed by atoms with Crippen LogP contribution < -0.4 is 10.1 Å². The quantitative estimate of drug-likeness (QED) is 0.306. The van der Waals surface area contributed by atoms with Gasteiger partial charge in [0.1, 0.15) is 23.3 Å². The maximum absolute atomic E-state index is 13.3. The fraction of sp³-hybridized carbons (Fsp3) is 0.556. The lowest BCUT2D eigenvalue weighted by molar-refractivity contribution is -0.148. The molecule has 0 aliphatic carbocycles. The zero-order valence-corrected chi connectivity index (χ0v) is 22.1. The molecule has 38 heavy (non-hydrogen) atoms. The van der Waals surface area contributed by atoms with Crippen LogP contribution in [0.25, 0.3) is 0 Å². The molecule has 11 nitrogen and oxygen atoms in total. The van der Waals surface area contributed by atoms with Gasteiger partial charge in [0.2, 0.25) is 5.91 Å². The Bertz CT molecular complexity index is 1090. The minimum atomic E-state index is -1.20. The number of amides is 2. The van der Waals surface area contributed by atoms with Gasteiger partial charge in [-0.2, -0.15) is 0 Å². The Balaban J connectivity index is 1.38. The second-order valence-corrected chi connectivity index (χ2v) is 10.9. The summed E-state index contributed by atoms with van der Waals surface area (Å²) in [4.78, 5) is 54.1. The zero-order chi connectivity index (χ0) is 27.6. The lowest BCUT2D eigenvalue weighted by atomic mass is 9.82. The highest BCUT2D eigenvalue weighted by atomic mass is 16.6. The Kier molecular flexibility index (Phi) is 8.08. The fourth-order valence-corrected chi connectivity index (χ4v) is 4.88. The van der Waals surface area contributed by atoms with E-state index in [9.17, 15) is 24.3 Å². The predicted octanol–water partition coefficient (Wildman–Crippen LogP) is 1.46. The molecule has 1 aromatic carbocycles. The molecule has 2 saturated heterocycles. The number of carboxylic acids is 1. The number of fused-ring (bicyclic) bond motifs is 2. The van der Waals surface area contributed by atoms with Crippen molar-refractivity contribution in [2.75, 3.05) is 33.2 Å². The Morgan fingerprint density at radius 1 is 1.03 bits per heavy atom. The summed E-state index contributed by atoms with van der Waals surface area (Å²) in [6, 6.07) is 5.16. The van der Waals surface area contributed by atoms with Crippen molar-refractivity contribution in [1.29, 1.82) is 0 Å². The first-order chi connectivity index (χ1) is 17.9. The molecule has 2 amide bonds. The monoisotopic (exact) mass is 529 g/mol. The molecular formula is C27H35N3O8. The van der Waals surface area contributed by atoms with Crippen LogP contribution in [-0.4, -0.2) is 95.9 Å². The molecule has 0 radical (unpaired) electrons. The van der Waals surface area contributed by atoms with Crippen molar-refractivity contribution in [3.63, 3.8) is 0 Å². The number of nitrogens with one attached hydrogen (secondary N) is 1. The van der Waals surface area contributed by atoms with E-state index < -0.39 is 53.7 Å². The lowest BCUT2D eigenvalue weighted by Crippen LogP contribution is -2.52. The average molecular weight is 530 g/mol. The largest absolute Gasteiger partial charge is 0.480 e. The van der Waals surface area contributed by atoms with E-state index in [1.165, 1.54) is 0 Å². The normalized spacial score (nSPS) is 25.6. The predicted molar refractivity (Wildman–Crippen MR) is 135 cm³/mol. The number of nitrogens with zero attached hydrogens (tertiary/aromatic N) is 2. The van der Waals surface area contributed by atoms with Gasteiger partial charge in [-0.3, -0.25) is 9.59 Å². The Labute approximate surface area is 221 Å². The van der Waals surface area contributed by atoms with Crippen LogP contribution in [0.2, 0.25) is 0 Å². The van der Waals surface area contributed by atoms with Gasteiger partial charge in [-0.15, -0.1) is 0 Å². The Morgan fingerprint density at radius 2 is 1.63 bits per heavy atom. The van der Waals surface area contributed by atoms with Crippen molar-refractivity contribution in [3.05, 3.63) is 42.0 Å². The van der Waals surface area contributed by atoms with Crippen LogP contribution in [-0.2, 0) is 30.3 Å². The van der Waals surface area contributed by atoms with E-state index >= 15 is 0 Å². The van der Waals surface area contributed by atoms with Crippen molar-refractivity contribution in [2.45, 2.75) is 51.0 Å². The summed E-state index contributed by atoms with van der Waals surface area (Å²) in [5.74, 6) is -2.95. The van der Waals surface area contributed by atoms with Crippen molar-refractivity contribution in [2.24, 2.45) is 11.8 Å². The molecule has 2 fully saturated rings. The van der Waals surface area contributed by atoms with E-state index in [1.54, 1.807) is 56.0 Å². The van der Waals surface area contributed by atoms with Crippen LogP contribution in [0, 0.1) is 11.8 Å². The van der Waals surface area contributed by atoms with E-state index in [1.807, 2.05) is 13.1 Å². The highest BCUT2D eigenvalue weighted by molar-refractivity contribution is 5.89. The van der Waals surface area contributed by atoms with Gasteiger partial charge in [0.05, 0.1) is 18.1 Å². The molecule has 5 atom stereocenters. The maximum atomic E-state index is 13.3. The second-order valence-electron chi connectivity index (χ2n) is 10.9. The third kappa shape index (κ3) is 6.51. The molecule has 0 saturated carbocycles. The maximum Gasteiger partial charge on any atom is 0.408 e. The molecule has 3 unspecified atom stereocenters. The number of hydrogen-bond acceptors (Lipinski definition) is 8. The van der Waals surface area contributed by atoms with Crippen molar-refractivity contribution in [1.82, 2.24) is 15.1 Å². The summed E-state index contributed by atoms with van der Waals surface area (Å²) in [5, 5.41) is 11.9. The molecule has 4 rings (SSSR count). The van der Waals surface area contributed by atoms with Gasteiger partial charge in [0.25, 0.3) is 0 Å². The topological polar surface area (TPSA) is 135 Å². The molecule has 0 aromatic heterocycles. The average Bonchev–Trinajstić information content (AvgIpc) is 3.45. The standard InChI is InChI=1S/C27H35N3O8/c1-27(2,3)38-26(35)28-18(24(32)33)15-16-5-7-17(8-6-16)36-25(34)22-20-10-9-19(37-20)21(22)23(31)30-13-11-29(4)12-14-30/h5-10,18-22H,11-15H2,1-4H3,(H,28,35)(H,32,33)/t18?,19-,20-,21?,22?/m1/s1. The van der Waals surface area contributed by atoms with Crippen LogP contribution in [0.1, 0.15) is 26.3 Å². The second kappa shape index (κ2) is 11.1. The number of benzene rings is 1. The van der Waals surface area contributed by atoms with Crippen molar-refractivity contribution in [3.8, 4) is 5.75 Å². The van der Waals surface area contributed by atoms with Crippen LogP contribution in [0.4, 0.5) is 4.79 Å². The molecule has 1 aromatic rings. The number of alkyl carbamates (subject to hydrolysis) is 1. The summed E-state index contributed by atoms with van der Waals surface area (Å²) < 4.78 is 16.6. The zero-order valence-electron chi connectivity index (χ0n) is 22.1. The number of esters is 1. The lowest BCUT2D eigenvalue weighted by Gasteiger charge is -2.35. The van der Waals surface area contributed by atoms with Gasteiger partial charge in [0.15, 0.2) is 0 Å². The molecule has 11 heteroatoms. The summed E-state index contributed by atoms with van der Waals surface area (Å²) >= 11 is 0. The van der Waals surface area contributed by atoms with E-state index in [0.29, 0.717) is 18.7 Å². The van der Waals surface area contributed by atoms with Gasteiger partial charge in [-0.1, -0.05) is 24.3 Å². The minimum absolute atomic E-state index is 0.00934. The summed E-state index contributed by atoms with van der Waals surface area (Å²) in [6.07, 6.45) is 1.87. The minimum Gasteiger partial charge on any atom is -0.480 e. The fourth-order valence-electron chi connectivity index (χ4n) is 4.88. The molecule has 0 spiro atoms. The smallest absolute Gasteiger partial charge is 0.408 e. The van der Waals surface area contributed by atoms with Gasteiger partial charge in [-0.05, 0) is 45.5 Å². The number of carbonyl (C=O) groups is 4. The number of likely N-dealkylation sites (N-methyl/N-ethyl adjacent to an activating group) is 1. The van der Waals surface area contributed by atoms with Crippen LogP contribution in [0.3, 0.4) is 0 Å². The Hall–Kier alpha value is -3.44. The summed E-state index contributed by atoms with van der Waals surface area (Å²) in [5.41, 5.74) is -0.144. The van der Waals surface area contributed by atoms with Crippen molar-refractivity contribution >= 4 is 23.9 Å². The summed E-state index contributed by atoms with van der Waals surface area (Å²) in [7, 11) is 2.01.